The van der Waals surface area contributed by atoms with Crippen molar-refractivity contribution in [3.8, 4) is 34.1 Å². The van der Waals surface area contributed by atoms with E-state index in [1.54, 1.807) is 0 Å². The molecular formula is C62H52Au2P2Si2+2. The Morgan fingerprint density at radius 3 is 0.882 bits per heavy atom. The molecule has 0 radical (unpaired) electrons. The van der Waals surface area contributed by atoms with E-state index in [9.17, 15) is 0 Å². The van der Waals surface area contributed by atoms with Crippen molar-refractivity contribution in [1.29, 1.82) is 0 Å². The second-order valence-corrected chi connectivity index (χ2v) is 31.3. The number of fused-ring (bicyclic) bond motifs is 6. The van der Waals surface area contributed by atoms with Crippen LogP contribution in [0.5, 0.6) is 0 Å². The molecule has 6 heteroatoms. The molecule has 0 spiro atoms. The van der Waals surface area contributed by atoms with Crippen LogP contribution in [0.3, 0.4) is 0 Å². The van der Waals surface area contributed by atoms with Crippen LogP contribution in [0.25, 0.3) is 22.3 Å². The second kappa shape index (κ2) is 22.5. The van der Waals surface area contributed by atoms with Crippen molar-refractivity contribution in [1.82, 2.24) is 0 Å². The van der Waals surface area contributed by atoms with E-state index >= 15 is 0 Å². The van der Waals surface area contributed by atoms with E-state index in [2.05, 4.69) is 244 Å². The normalized spacial score (nSPS) is 12.6. The fraction of sp³-hybridized carbons (Fsp3) is 0.0645. The summed E-state index contributed by atoms with van der Waals surface area (Å²) in [7, 11) is -5.54. The van der Waals surface area contributed by atoms with Gasteiger partial charge < -0.3 is 12.8 Å². The summed E-state index contributed by atoms with van der Waals surface area (Å²) < 4.78 is 0. The first-order valence-corrected chi connectivity index (χ1v) is 31.6. The van der Waals surface area contributed by atoms with Crippen LogP contribution in [-0.4, -0.2) is 16.1 Å². The third-order valence-corrected chi connectivity index (χ3v) is 26.1. The molecule has 0 fully saturated rings. The summed E-state index contributed by atoms with van der Waals surface area (Å²) in [6, 6.07) is 83.2. The van der Waals surface area contributed by atoms with Crippen LogP contribution in [0.2, 0.25) is 26.2 Å². The molecule has 2 aliphatic heterocycles. The van der Waals surface area contributed by atoms with Crippen molar-refractivity contribution in [3.05, 3.63) is 254 Å². The summed E-state index contributed by atoms with van der Waals surface area (Å²) in [5, 5.41) is 14.4. The summed E-state index contributed by atoms with van der Waals surface area (Å²) in [4.78, 5) is 0. The van der Waals surface area contributed by atoms with Gasteiger partial charge in [-0.25, -0.2) is 0 Å². The van der Waals surface area contributed by atoms with Gasteiger partial charge in [0.25, 0.3) is 0 Å². The molecule has 0 saturated heterocycles. The predicted octanol–water partition coefficient (Wildman–Crippen LogP) is 9.52. The standard InChI is InChI=1S/C30H24P2.2C16H13Si.2Au/c1-5-15-25(16-6-1)31(26-17-7-2-8-18-26)29-23-13-14-24-30(29)32(27-19-9-3-10-20-27)28-21-11-4-12-22-28;2*1-4-12-8-7-10-14-13-9-5-6-11-15(13)17(2,3)16(12)14;;/h1-24H;2*5-11H,2-3H3;;/q;2*-1;2*+1/p+2. The van der Waals surface area contributed by atoms with Crippen molar-refractivity contribution in [2.24, 2.45) is 0 Å². The van der Waals surface area contributed by atoms with Crippen LogP contribution in [0.1, 0.15) is 11.1 Å². The minimum absolute atomic E-state index is 0. The smallest absolute Gasteiger partial charge is 0.366 e. The van der Waals surface area contributed by atoms with Gasteiger partial charge in [0.15, 0.2) is 0 Å². The monoisotopic (exact) mass is 1310 g/mol. The fourth-order valence-corrected chi connectivity index (χ4v) is 23.0. The first-order valence-electron chi connectivity index (χ1n) is 22.6. The molecule has 9 aromatic rings. The molecule has 68 heavy (non-hydrogen) atoms. The third kappa shape index (κ3) is 9.98. The molecule has 0 N–H and O–H groups in total. The van der Waals surface area contributed by atoms with Gasteiger partial charge in [-0.15, -0.1) is 33.6 Å². The molecule has 0 aliphatic carbocycles. The molecule has 11 rings (SSSR count). The molecular weight excluding hydrogens is 1260 g/mol. The Morgan fingerprint density at radius 1 is 0.309 bits per heavy atom. The molecule has 9 aromatic carbocycles. The Kier molecular flexibility index (Phi) is 16.8. The zero-order valence-electron chi connectivity index (χ0n) is 38.5. The molecule has 0 aromatic heterocycles. The number of hydrogen-bond acceptors (Lipinski definition) is 0. The summed E-state index contributed by atoms with van der Waals surface area (Å²) in [5.41, 5.74) is 7.28. The Morgan fingerprint density at radius 2 is 0.574 bits per heavy atom. The Hall–Kier alpha value is -5.13. The summed E-state index contributed by atoms with van der Waals surface area (Å²) in [5.74, 6) is 5.21. The van der Waals surface area contributed by atoms with Gasteiger partial charge in [-0.3, -0.25) is 11.8 Å². The Balaban J connectivity index is 0.000000161. The van der Waals surface area contributed by atoms with Crippen LogP contribution in [0.15, 0.2) is 231 Å². The largest absolute Gasteiger partial charge is 1.00 e. The van der Waals surface area contributed by atoms with Crippen molar-refractivity contribution >= 4 is 84.6 Å². The van der Waals surface area contributed by atoms with Crippen molar-refractivity contribution in [2.45, 2.75) is 26.2 Å². The van der Waals surface area contributed by atoms with Crippen LogP contribution < -0.4 is 52.6 Å². The van der Waals surface area contributed by atoms with Crippen LogP contribution in [0.4, 0.5) is 0 Å². The summed E-state index contributed by atoms with van der Waals surface area (Å²) in [6.45, 7) is 9.44. The number of hydrogen-bond donors (Lipinski definition) is 0. The SMILES string of the molecule is [Au+].[Au+].[C-]#Cc1cccc2c1[Si](C)(C)c1ccccc1-2.[C-]#Cc1cccc2c1[Si](C)(C)c1ccccc1-2.c1ccc([PH+](c2ccccc2)c2ccccc2[PH+](c2ccccc2)c2ccccc2)cc1. The molecule has 0 nitrogen and oxygen atoms in total. The molecule has 0 atom stereocenters. The van der Waals surface area contributed by atoms with E-state index in [4.69, 9.17) is 12.8 Å². The van der Waals surface area contributed by atoms with Gasteiger partial charge in [0.1, 0.15) is 47.7 Å². The molecule has 2 aliphatic rings. The molecule has 0 unspecified atom stereocenters. The van der Waals surface area contributed by atoms with E-state index in [-0.39, 0.29) is 44.8 Å². The molecule has 0 bridgehead atoms. The van der Waals surface area contributed by atoms with Crippen molar-refractivity contribution in [3.63, 3.8) is 0 Å². The maximum atomic E-state index is 7.47. The topological polar surface area (TPSA) is 0 Å². The maximum Gasteiger partial charge on any atom is 1.00 e. The Labute approximate surface area is 440 Å². The van der Waals surface area contributed by atoms with Crippen molar-refractivity contribution < 1.29 is 44.8 Å². The van der Waals surface area contributed by atoms with E-state index in [0.717, 1.165) is 11.1 Å². The number of rotatable bonds is 6. The van der Waals surface area contributed by atoms with Gasteiger partial charge in [-0.1, -0.05) is 184 Å². The zero-order chi connectivity index (χ0) is 45.7. The molecule has 2 heterocycles. The third-order valence-electron chi connectivity index (χ3n) is 13.1. The van der Waals surface area contributed by atoms with Crippen LogP contribution in [0, 0.1) is 24.7 Å². The van der Waals surface area contributed by atoms with Crippen molar-refractivity contribution in [2.75, 3.05) is 0 Å². The minimum atomic E-state index is -1.63. The van der Waals surface area contributed by atoms with E-state index in [0.29, 0.717) is 0 Å². The van der Waals surface area contributed by atoms with Gasteiger partial charge in [-0.2, -0.15) is 0 Å². The predicted molar refractivity (Wildman–Crippen MR) is 296 cm³/mol. The average molecular weight is 1310 g/mol. The van der Waals surface area contributed by atoms with E-state index < -0.39 is 32.0 Å². The minimum Gasteiger partial charge on any atom is -0.366 e. The maximum absolute atomic E-state index is 7.47. The van der Waals surface area contributed by atoms with Gasteiger partial charge in [0.05, 0.1) is 16.1 Å². The fourth-order valence-electron chi connectivity index (χ4n) is 10.2. The van der Waals surface area contributed by atoms with Gasteiger partial charge in [0, 0.05) is 0 Å². The zero-order valence-corrected chi connectivity index (χ0v) is 46.9. The van der Waals surface area contributed by atoms with Gasteiger partial charge in [0.2, 0.25) is 0 Å². The second-order valence-electron chi connectivity index (χ2n) is 17.8. The van der Waals surface area contributed by atoms with E-state index in [1.807, 2.05) is 24.3 Å². The first-order chi connectivity index (χ1) is 32.2. The van der Waals surface area contributed by atoms with Crippen LogP contribution in [-0.2, 0) is 44.8 Å². The summed E-state index contributed by atoms with van der Waals surface area (Å²) in [6.07, 6.45) is 14.9. The number of benzene rings is 9. The molecule has 338 valence electrons. The van der Waals surface area contributed by atoms with Gasteiger partial charge >= 0.3 is 44.8 Å². The Bertz CT molecular complexity index is 2930. The van der Waals surface area contributed by atoms with Crippen LogP contribution >= 0.6 is 15.8 Å². The molecule has 0 amide bonds. The summed E-state index contributed by atoms with van der Waals surface area (Å²) >= 11 is 0. The molecule has 0 saturated carbocycles. The first kappa shape index (κ1) is 50.7. The average Bonchev–Trinajstić information content (AvgIpc) is 3.76. The van der Waals surface area contributed by atoms with E-state index in [1.165, 1.54) is 74.8 Å². The quantitative estimate of drug-likeness (QED) is 0.0675. The van der Waals surface area contributed by atoms with Gasteiger partial charge in [-0.05, 0) is 93.3 Å².